The van der Waals surface area contributed by atoms with Crippen LogP contribution in [0.25, 0.3) is 0 Å². The average molecular weight is 371 g/mol. The van der Waals surface area contributed by atoms with Gasteiger partial charge in [0, 0.05) is 28.4 Å². The Morgan fingerprint density at radius 3 is 2.89 bits per heavy atom. The first-order valence-electron chi connectivity index (χ1n) is 5.73. The maximum absolute atomic E-state index is 12.0. The number of hydrogen-bond donors (Lipinski definition) is 2. The van der Waals surface area contributed by atoms with E-state index >= 15 is 0 Å². The van der Waals surface area contributed by atoms with E-state index in [2.05, 4.69) is 33.0 Å². The number of aromatic nitrogens is 2. The van der Waals surface area contributed by atoms with Crippen LogP contribution in [0, 0.1) is 10.5 Å². The van der Waals surface area contributed by atoms with E-state index in [1.807, 2.05) is 14.0 Å². The molecule has 6 heteroatoms. The Morgan fingerprint density at radius 2 is 2.26 bits per heavy atom. The molecule has 2 N–H and O–H groups in total. The molecule has 2 aromatic rings. The molecule has 1 aromatic carbocycles. The maximum Gasteiger partial charge on any atom is 0.255 e. The monoisotopic (exact) mass is 371 g/mol. The number of aryl methyl sites for hydroxylation is 1. The second-order valence-electron chi connectivity index (χ2n) is 4.22. The summed E-state index contributed by atoms with van der Waals surface area (Å²) in [5, 5.41) is 16.6. The molecule has 0 radical (unpaired) electrons. The fourth-order valence-corrected chi connectivity index (χ4v) is 2.17. The van der Waals surface area contributed by atoms with E-state index in [4.69, 9.17) is 0 Å². The lowest BCUT2D eigenvalue weighted by molar-refractivity contribution is 0.0948. The zero-order valence-electron chi connectivity index (χ0n) is 10.6. The SMILES string of the molecule is Cc1c(CNC(=O)c2cc(I)ccc2O)cnn1C. The van der Waals surface area contributed by atoms with Gasteiger partial charge in [-0.3, -0.25) is 9.48 Å². The minimum atomic E-state index is -0.292. The summed E-state index contributed by atoms with van der Waals surface area (Å²) in [4.78, 5) is 12.0. The van der Waals surface area contributed by atoms with E-state index in [9.17, 15) is 9.90 Å². The van der Waals surface area contributed by atoms with Gasteiger partial charge in [-0.2, -0.15) is 5.10 Å². The summed E-state index contributed by atoms with van der Waals surface area (Å²) in [6.45, 7) is 2.33. The Morgan fingerprint density at radius 1 is 1.53 bits per heavy atom. The van der Waals surface area contributed by atoms with Crippen molar-refractivity contribution in [2.75, 3.05) is 0 Å². The third-order valence-electron chi connectivity index (χ3n) is 2.98. The fraction of sp³-hybridized carbons (Fsp3) is 0.231. The molecular weight excluding hydrogens is 357 g/mol. The Hall–Kier alpha value is -1.57. The lowest BCUT2D eigenvalue weighted by atomic mass is 10.2. The molecule has 0 aliphatic heterocycles. The number of nitrogens with zero attached hydrogens (tertiary/aromatic N) is 2. The van der Waals surface area contributed by atoms with Gasteiger partial charge in [0.05, 0.1) is 11.8 Å². The van der Waals surface area contributed by atoms with Gasteiger partial charge in [0.25, 0.3) is 5.91 Å². The van der Waals surface area contributed by atoms with Gasteiger partial charge in [-0.1, -0.05) is 0 Å². The van der Waals surface area contributed by atoms with Crippen LogP contribution in [0.5, 0.6) is 5.75 Å². The van der Waals surface area contributed by atoms with E-state index in [0.717, 1.165) is 14.8 Å². The predicted molar refractivity (Wildman–Crippen MR) is 79.9 cm³/mol. The van der Waals surface area contributed by atoms with E-state index in [1.54, 1.807) is 23.0 Å². The van der Waals surface area contributed by atoms with Crippen molar-refractivity contribution in [3.63, 3.8) is 0 Å². The number of carbonyl (C=O) groups is 1. The molecular formula is C13H14IN3O2. The van der Waals surface area contributed by atoms with Gasteiger partial charge in [-0.25, -0.2) is 0 Å². The first-order chi connectivity index (χ1) is 8.99. The molecule has 1 amide bonds. The zero-order valence-corrected chi connectivity index (χ0v) is 12.8. The second kappa shape index (κ2) is 5.60. The van der Waals surface area contributed by atoms with Crippen molar-refractivity contribution in [1.29, 1.82) is 0 Å². The van der Waals surface area contributed by atoms with Crippen molar-refractivity contribution in [3.05, 3.63) is 44.8 Å². The number of benzene rings is 1. The third-order valence-corrected chi connectivity index (χ3v) is 3.65. The quantitative estimate of drug-likeness (QED) is 0.811. The zero-order chi connectivity index (χ0) is 14.0. The highest BCUT2D eigenvalue weighted by Gasteiger charge is 2.12. The highest BCUT2D eigenvalue weighted by Crippen LogP contribution is 2.19. The number of hydrogen-bond acceptors (Lipinski definition) is 3. The lowest BCUT2D eigenvalue weighted by Gasteiger charge is -2.07. The normalized spacial score (nSPS) is 10.5. The number of halogens is 1. The van der Waals surface area contributed by atoms with Gasteiger partial charge in [-0.15, -0.1) is 0 Å². The van der Waals surface area contributed by atoms with Gasteiger partial charge in [0.1, 0.15) is 5.75 Å². The number of nitrogens with one attached hydrogen (secondary N) is 1. The fourth-order valence-electron chi connectivity index (χ4n) is 1.68. The van der Waals surface area contributed by atoms with Crippen molar-refractivity contribution >= 4 is 28.5 Å². The number of phenols is 1. The summed E-state index contributed by atoms with van der Waals surface area (Å²) in [7, 11) is 1.85. The van der Waals surface area contributed by atoms with Crippen molar-refractivity contribution in [3.8, 4) is 5.75 Å². The molecule has 0 fully saturated rings. The third kappa shape index (κ3) is 3.06. The molecule has 0 saturated carbocycles. The lowest BCUT2D eigenvalue weighted by Crippen LogP contribution is -2.23. The van der Waals surface area contributed by atoms with Gasteiger partial charge in [-0.05, 0) is 47.7 Å². The van der Waals surface area contributed by atoms with Crippen molar-refractivity contribution in [1.82, 2.24) is 15.1 Å². The molecule has 1 aromatic heterocycles. The largest absolute Gasteiger partial charge is 0.507 e. The Labute approximate surface area is 124 Å². The van der Waals surface area contributed by atoms with Crippen molar-refractivity contribution in [2.45, 2.75) is 13.5 Å². The molecule has 0 spiro atoms. The van der Waals surface area contributed by atoms with Crippen LogP contribution in [0.3, 0.4) is 0 Å². The molecule has 0 aliphatic rings. The second-order valence-corrected chi connectivity index (χ2v) is 5.47. The molecule has 1 heterocycles. The van der Waals surface area contributed by atoms with Crippen LogP contribution < -0.4 is 5.32 Å². The molecule has 19 heavy (non-hydrogen) atoms. The van der Waals surface area contributed by atoms with Crippen LogP contribution in [0.2, 0.25) is 0 Å². The van der Waals surface area contributed by atoms with Gasteiger partial charge in [0.15, 0.2) is 0 Å². The molecule has 2 rings (SSSR count). The summed E-state index contributed by atoms with van der Waals surface area (Å²) in [6, 6.07) is 4.92. The Kier molecular flexibility index (Phi) is 4.08. The predicted octanol–water partition coefficient (Wildman–Crippen LogP) is 1.97. The van der Waals surface area contributed by atoms with Crippen LogP contribution in [-0.2, 0) is 13.6 Å². The van der Waals surface area contributed by atoms with Gasteiger partial charge in [0.2, 0.25) is 0 Å². The molecule has 0 atom stereocenters. The summed E-state index contributed by atoms with van der Waals surface area (Å²) >= 11 is 2.10. The van der Waals surface area contributed by atoms with Gasteiger partial charge >= 0.3 is 0 Å². The Bertz CT molecular complexity index is 622. The van der Waals surface area contributed by atoms with Crippen LogP contribution in [0.15, 0.2) is 24.4 Å². The van der Waals surface area contributed by atoms with Crippen molar-refractivity contribution in [2.24, 2.45) is 7.05 Å². The van der Waals surface area contributed by atoms with E-state index in [-0.39, 0.29) is 17.2 Å². The highest BCUT2D eigenvalue weighted by molar-refractivity contribution is 14.1. The van der Waals surface area contributed by atoms with Crippen molar-refractivity contribution < 1.29 is 9.90 Å². The topological polar surface area (TPSA) is 67.2 Å². The smallest absolute Gasteiger partial charge is 0.255 e. The first kappa shape index (κ1) is 13.9. The number of carbonyl (C=O) groups excluding carboxylic acids is 1. The summed E-state index contributed by atoms with van der Waals surface area (Å²) in [5.74, 6) is -0.305. The molecule has 100 valence electrons. The Balaban J connectivity index is 2.09. The van der Waals surface area contributed by atoms with Crippen LogP contribution in [0.1, 0.15) is 21.6 Å². The van der Waals surface area contributed by atoms with E-state index in [0.29, 0.717) is 6.54 Å². The van der Waals surface area contributed by atoms with Crippen LogP contribution in [-0.4, -0.2) is 20.8 Å². The molecule has 0 bridgehead atoms. The number of amides is 1. The molecule has 0 unspecified atom stereocenters. The van der Waals surface area contributed by atoms with Crippen LogP contribution >= 0.6 is 22.6 Å². The van der Waals surface area contributed by atoms with Gasteiger partial charge < -0.3 is 10.4 Å². The summed E-state index contributed by atoms with van der Waals surface area (Å²) < 4.78 is 2.66. The van der Waals surface area contributed by atoms with E-state index < -0.39 is 0 Å². The summed E-state index contributed by atoms with van der Waals surface area (Å²) in [6.07, 6.45) is 1.73. The first-order valence-corrected chi connectivity index (χ1v) is 6.81. The molecule has 0 saturated heterocycles. The minimum Gasteiger partial charge on any atom is -0.507 e. The molecule has 0 aliphatic carbocycles. The minimum absolute atomic E-state index is 0.0131. The maximum atomic E-state index is 12.0. The average Bonchev–Trinajstić information content (AvgIpc) is 2.70. The van der Waals surface area contributed by atoms with E-state index in [1.165, 1.54) is 6.07 Å². The highest BCUT2D eigenvalue weighted by atomic mass is 127. The number of aromatic hydroxyl groups is 1. The molecule has 5 nitrogen and oxygen atoms in total. The summed E-state index contributed by atoms with van der Waals surface area (Å²) in [5.41, 5.74) is 2.25. The van der Waals surface area contributed by atoms with Crippen LogP contribution in [0.4, 0.5) is 0 Å². The standard InChI is InChI=1S/C13H14IN3O2/c1-8-9(7-16-17(8)2)6-15-13(19)11-5-10(14)3-4-12(11)18/h3-5,7,18H,6H2,1-2H3,(H,15,19). The number of rotatable bonds is 3. The number of phenolic OH excluding ortho intramolecular Hbond substituents is 1.